The Bertz CT molecular complexity index is 102. The third-order valence-electron chi connectivity index (χ3n) is 1.85. The van der Waals surface area contributed by atoms with Crippen LogP contribution in [0.3, 0.4) is 0 Å². The van der Waals surface area contributed by atoms with E-state index < -0.39 is 0 Å². The molecule has 1 unspecified atom stereocenters. The molecule has 0 spiro atoms. The number of hydrogen-bond donors (Lipinski definition) is 0. The number of rotatable bonds is 5. The predicted octanol–water partition coefficient (Wildman–Crippen LogP) is 3.63. The van der Waals surface area contributed by atoms with E-state index >= 15 is 0 Å². The summed E-state index contributed by atoms with van der Waals surface area (Å²) in [4.78, 5) is 0. The summed E-state index contributed by atoms with van der Waals surface area (Å²) in [6.45, 7) is 11.7. The molecule has 1 heteroatoms. The van der Waals surface area contributed by atoms with E-state index in [1.165, 1.54) is 19.3 Å². The Balaban J connectivity index is 3.37. The minimum atomic E-state index is 0.0282. The van der Waals surface area contributed by atoms with Crippen LogP contribution in [0, 0.1) is 5.92 Å². The molecule has 0 aliphatic carbocycles. The molecule has 0 saturated heterocycles. The summed E-state index contributed by atoms with van der Waals surface area (Å²) in [5, 5.41) is 0. The van der Waals surface area contributed by atoms with Gasteiger partial charge in [0.25, 0.3) is 0 Å². The second kappa shape index (κ2) is 5.58. The number of ether oxygens (including phenoxy) is 1. The highest BCUT2D eigenvalue weighted by molar-refractivity contribution is 4.60. The Morgan fingerprint density at radius 3 is 2.25 bits per heavy atom. The van der Waals surface area contributed by atoms with Gasteiger partial charge in [-0.05, 0) is 33.1 Å². The Morgan fingerprint density at radius 2 is 1.83 bits per heavy atom. The first kappa shape index (κ1) is 12.0. The average molecular weight is 172 g/mol. The van der Waals surface area contributed by atoms with Gasteiger partial charge in [-0.1, -0.05) is 26.7 Å². The largest absolute Gasteiger partial charge is 0.376 e. The molecule has 12 heavy (non-hydrogen) atoms. The lowest BCUT2D eigenvalue weighted by Crippen LogP contribution is -2.22. The zero-order valence-corrected chi connectivity index (χ0v) is 9.31. The number of unbranched alkanes of at least 4 members (excludes halogenated alkanes) is 1. The van der Waals surface area contributed by atoms with Gasteiger partial charge in [0, 0.05) is 6.61 Å². The van der Waals surface area contributed by atoms with Crippen molar-refractivity contribution in [2.75, 3.05) is 6.61 Å². The van der Waals surface area contributed by atoms with E-state index in [1.54, 1.807) is 0 Å². The van der Waals surface area contributed by atoms with Crippen LogP contribution in [0.5, 0.6) is 0 Å². The second-order valence-corrected chi connectivity index (χ2v) is 4.67. The highest BCUT2D eigenvalue weighted by Crippen LogP contribution is 2.13. The zero-order valence-electron chi connectivity index (χ0n) is 9.31. The first-order valence-electron chi connectivity index (χ1n) is 5.09. The third kappa shape index (κ3) is 8.06. The Hall–Kier alpha value is -0.0400. The molecule has 1 atom stereocenters. The van der Waals surface area contributed by atoms with E-state index in [0.29, 0.717) is 5.92 Å². The lowest BCUT2D eigenvalue weighted by Gasteiger charge is -2.22. The molecule has 0 aromatic rings. The van der Waals surface area contributed by atoms with Gasteiger partial charge in [0.15, 0.2) is 0 Å². The maximum atomic E-state index is 5.69. The van der Waals surface area contributed by atoms with Crippen molar-refractivity contribution in [1.29, 1.82) is 0 Å². The standard InChI is InChI=1S/C11H24O/c1-6-7-8-10(2)9-12-11(3,4)5/h10H,6-9H2,1-5H3. The molecule has 0 aliphatic heterocycles. The van der Waals surface area contributed by atoms with Gasteiger partial charge in [0.1, 0.15) is 0 Å². The van der Waals surface area contributed by atoms with Gasteiger partial charge in [0.2, 0.25) is 0 Å². The molecule has 0 saturated carbocycles. The molecule has 0 heterocycles. The van der Waals surface area contributed by atoms with Crippen LogP contribution in [-0.4, -0.2) is 12.2 Å². The molecule has 0 aliphatic rings. The van der Waals surface area contributed by atoms with Gasteiger partial charge in [-0.15, -0.1) is 0 Å². The molecule has 0 aromatic carbocycles. The molecule has 0 fully saturated rings. The molecule has 0 radical (unpaired) electrons. The van der Waals surface area contributed by atoms with Crippen LogP contribution in [0.25, 0.3) is 0 Å². The zero-order chi connectivity index (χ0) is 9.61. The fourth-order valence-electron chi connectivity index (χ4n) is 1.03. The predicted molar refractivity (Wildman–Crippen MR) is 54.4 cm³/mol. The van der Waals surface area contributed by atoms with Crippen LogP contribution in [0.15, 0.2) is 0 Å². The molecule has 0 amide bonds. The lowest BCUT2D eigenvalue weighted by molar-refractivity contribution is -0.0208. The van der Waals surface area contributed by atoms with Crippen LogP contribution in [0.4, 0.5) is 0 Å². The summed E-state index contributed by atoms with van der Waals surface area (Å²) < 4.78 is 5.69. The monoisotopic (exact) mass is 172 g/mol. The fourth-order valence-corrected chi connectivity index (χ4v) is 1.03. The summed E-state index contributed by atoms with van der Waals surface area (Å²) in [6.07, 6.45) is 3.92. The Labute approximate surface area is 77.5 Å². The maximum absolute atomic E-state index is 5.69. The highest BCUT2D eigenvalue weighted by Gasteiger charge is 2.11. The van der Waals surface area contributed by atoms with E-state index in [-0.39, 0.29) is 5.60 Å². The second-order valence-electron chi connectivity index (χ2n) is 4.67. The number of hydrogen-bond acceptors (Lipinski definition) is 1. The van der Waals surface area contributed by atoms with E-state index in [9.17, 15) is 0 Å². The first-order valence-corrected chi connectivity index (χ1v) is 5.09. The van der Waals surface area contributed by atoms with Crippen molar-refractivity contribution in [3.8, 4) is 0 Å². The summed E-state index contributed by atoms with van der Waals surface area (Å²) in [6, 6.07) is 0. The topological polar surface area (TPSA) is 9.23 Å². The first-order chi connectivity index (χ1) is 5.45. The van der Waals surface area contributed by atoms with E-state index in [1.807, 2.05) is 0 Å². The minimum Gasteiger partial charge on any atom is -0.376 e. The molecule has 1 nitrogen and oxygen atoms in total. The average Bonchev–Trinajstić information content (AvgIpc) is 1.95. The molecule has 0 N–H and O–H groups in total. The van der Waals surface area contributed by atoms with Crippen molar-refractivity contribution in [2.45, 2.75) is 59.5 Å². The Kier molecular flexibility index (Phi) is 5.56. The molecule has 0 aromatic heterocycles. The van der Waals surface area contributed by atoms with Crippen molar-refractivity contribution in [3.63, 3.8) is 0 Å². The van der Waals surface area contributed by atoms with Crippen LogP contribution >= 0.6 is 0 Å². The molecule has 0 bridgehead atoms. The highest BCUT2D eigenvalue weighted by atomic mass is 16.5. The fraction of sp³-hybridized carbons (Fsp3) is 1.00. The van der Waals surface area contributed by atoms with Gasteiger partial charge in [-0.25, -0.2) is 0 Å². The summed E-state index contributed by atoms with van der Waals surface area (Å²) in [7, 11) is 0. The summed E-state index contributed by atoms with van der Waals surface area (Å²) in [5.74, 6) is 0.712. The lowest BCUT2D eigenvalue weighted by atomic mass is 10.1. The van der Waals surface area contributed by atoms with Crippen molar-refractivity contribution >= 4 is 0 Å². The third-order valence-corrected chi connectivity index (χ3v) is 1.85. The van der Waals surface area contributed by atoms with Gasteiger partial charge in [0.05, 0.1) is 5.60 Å². The minimum absolute atomic E-state index is 0.0282. The SMILES string of the molecule is CCCCC(C)COC(C)(C)C. The van der Waals surface area contributed by atoms with Crippen molar-refractivity contribution in [2.24, 2.45) is 5.92 Å². The van der Waals surface area contributed by atoms with Gasteiger partial charge in [-0.3, -0.25) is 0 Å². The van der Waals surface area contributed by atoms with Crippen LogP contribution in [0.2, 0.25) is 0 Å². The van der Waals surface area contributed by atoms with Crippen molar-refractivity contribution < 1.29 is 4.74 Å². The molecule has 74 valence electrons. The summed E-state index contributed by atoms with van der Waals surface area (Å²) >= 11 is 0. The van der Waals surface area contributed by atoms with Crippen LogP contribution in [-0.2, 0) is 4.74 Å². The maximum Gasteiger partial charge on any atom is 0.0598 e. The van der Waals surface area contributed by atoms with Gasteiger partial charge < -0.3 is 4.74 Å². The van der Waals surface area contributed by atoms with Crippen LogP contribution < -0.4 is 0 Å². The van der Waals surface area contributed by atoms with E-state index in [0.717, 1.165) is 6.61 Å². The normalized spacial score (nSPS) is 14.8. The Morgan fingerprint density at radius 1 is 1.25 bits per heavy atom. The molecular weight excluding hydrogens is 148 g/mol. The van der Waals surface area contributed by atoms with Crippen molar-refractivity contribution in [1.82, 2.24) is 0 Å². The quantitative estimate of drug-likeness (QED) is 0.615. The molecule has 0 rings (SSSR count). The summed E-state index contributed by atoms with van der Waals surface area (Å²) in [5.41, 5.74) is 0.0282. The van der Waals surface area contributed by atoms with Crippen molar-refractivity contribution in [3.05, 3.63) is 0 Å². The van der Waals surface area contributed by atoms with Gasteiger partial charge >= 0.3 is 0 Å². The van der Waals surface area contributed by atoms with E-state index in [2.05, 4.69) is 34.6 Å². The van der Waals surface area contributed by atoms with Crippen LogP contribution in [0.1, 0.15) is 53.9 Å². The van der Waals surface area contributed by atoms with Gasteiger partial charge in [-0.2, -0.15) is 0 Å². The smallest absolute Gasteiger partial charge is 0.0598 e. The van der Waals surface area contributed by atoms with E-state index in [4.69, 9.17) is 4.74 Å². The molecular formula is C11H24O.